The molecular formula is C11H20N4O2S. The van der Waals surface area contributed by atoms with Crippen LogP contribution in [0, 0.1) is 0 Å². The first kappa shape index (κ1) is 14.9. The van der Waals surface area contributed by atoms with Crippen molar-refractivity contribution in [3.63, 3.8) is 0 Å². The quantitative estimate of drug-likeness (QED) is 0.807. The second-order valence-corrected chi connectivity index (χ2v) is 6.24. The summed E-state index contributed by atoms with van der Waals surface area (Å²) in [5, 5.41) is 2.79. The second kappa shape index (κ2) is 6.12. The largest absolute Gasteiger partial charge is 0.372 e. The van der Waals surface area contributed by atoms with Gasteiger partial charge in [-0.2, -0.15) is 4.31 Å². The third-order valence-corrected chi connectivity index (χ3v) is 4.45. The van der Waals surface area contributed by atoms with Crippen LogP contribution in [0.4, 0.5) is 5.82 Å². The average molecular weight is 272 g/mol. The van der Waals surface area contributed by atoms with Gasteiger partial charge in [-0.15, -0.1) is 0 Å². The molecule has 0 saturated carbocycles. The molecule has 0 aliphatic heterocycles. The number of sulfonamides is 1. The highest BCUT2D eigenvalue weighted by Crippen LogP contribution is 2.20. The summed E-state index contributed by atoms with van der Waals surface area (Å²) in [6.45, 7) is 1.11. The number of likely N-dealkylation sites (N-methyl/N-ethyl adjacent to an activating group) is 2. The Kier molecular flexibility index (Phi) is 5.06. The fourth-order valence-corrected chi connectivity index (χ4v) is 2.72. The Morgan fingerprint density at radius 3 is 2.50 bits per heavy atom. The van der Waals surface area contributed by atoms with Gasteiger partial charge in [-0.25, -0.2) is 13.4 Å². The van der Waals surface area contributed by atoms with Crippen LogP contribution in [0.5, 0.6) is 0 Å². The Morgan fingerprint density at radius 1 is 1.28 bits per heavy atom. The van der Waals surface area contributed by atoms with E-state index in [2.05, 4.69) is 10.3 Å². The van der Waals surface area contributed by atoms with Crippen molar-refractivity contribution in [1.29, 1.82) is 0 Å². The molecule has 0 spiro atoms. The molecule has 0 aliphatic carbocycles. The Hall–Kier alpha value is -1.18. The van der Waals surface area contributed by atoms with E-state index in [9.17, 15) is 8.42 Å². The van der Waals surface area contributed by atoms with E-state index in [1.165, 1.54) is 4.31 Å². The first-order chi connectivity index (χ1) is 8.39. The van der Waals surface area contributed by atoms with Crippen LogP contribution in [0.2, 0.25) is 0 Å². The van der Waals surface area contributed by atoms with Gasteiger partial charge in [-0.3, -0.25) is 0 Å². The van der Waals surface area contributed by atoms with E-state index in [0.717, 1.165) is 0 Å². The smallest absolute Gasteiger partial charge is 0.246 e. The van der Waals surface area contributed by atoms with Crippen molar-refractivity contribution >= 4 is 15.8 Å². The van der Waals surface area contributed by atoms with Gasteiger partial charge in [-0.1, -0.05) is 0 Å². The third kappa shape index (κ3) is 3.41. The second-order valence-electron chi connectivity index (χ2n) is 4.23. The van der Waals surface area contributed by atoms with Crippen LogP contribution < -0.4 is 5.32 Å². The molecule has 0 unspecified atom stereocenters. The predicted octanol–water partition coefficient (Wildman–Crippen LogP) is 0.305. The molecular weight excluding hydrogens is 252 g/mol. The summed E-state index contributed by atoms with van der Waals surface area (Å²) in [6.07, 6.45) is 1.56. The minimum absolute atomic E-state index is 0.203. The van der Waals surface area contributed by atoms with Crippen LogP contribution in [0.25, 0.3) is 0 Å². The van der Waals surface area contributed by atoms with Crippen LogP contribution in [-0.4, -0.2) is 63.9 Å². The molecule has 18 heavy (non-hydrogen) atoms. The zero-order valence-corrected chi connectivity index (χ0v) is 12.0. The molecule has 0 aliphatic rings. The molecule has 1 N–H and O–H groups in total. The molecule has 0 aromatic carbocycles. The fourth-order valence-electron chi connectivity index (χ4n) is 1.42. The average Bonchev–Trinajstić information content (AvgIpc) is 2.35. The summed E-state index contributed by atoms with van der Waals surface area (Å²) in [7, 11) is 3.55. The van der Waals surface area contributed by atoms with E-state index in [1.54, 1.807) is 32.4 Å². The molecule has 1 aromatic heterocycles. The Balaban J connectivity index is 2.98. The Morgan fingerprint density at radius 2 is 1.94 bits per heavy atom. The lowest BCUT2D eigenvalue weighted by molar-refractivity contribution is 0.358. The molecule has 1 aromatic rings. The minimum Gasteiger partial charge on any atom is -0.372 e. The van der Waals surface area contributed by atoms with E-state index in [1.807, 2.05) is 19.0 Å². The molecule has 0 bridgehead atoms. The van der Waals surface area contributed by atoms with Crippen molar-refractivity contribution < 1.29 is 8.42 Å². The lowest BCUT2D eigenvalue weighted by atomic mass is 10.5. The minimum atomic E-state index is -3.50. The van der Waals surface area contributed by atoms with Gasteiger partial charge in [0, 0.05) is 33.4 Å². The topological polar surface area (TPSA) is 65.5 Å². The van der Waals surface area contributed by atoms with Gasteiger partial charge < -0.3 is 10.2 Å². The van der Waals surface area contributed by atoms with Crippen LogP contribution >= 0.6 is 0 Å². The van der Waals surface area contributed by atoms with Crippen molar-refractivity contribution in [2.75, 3.05) is 46.6 Å². The molecule has 1 rings (SSSR count). The highest BCUT2D eigenvalue weighted by atomic mass is 32.2. The summed E-state index contributed by atoms with van der Waals surface area (Å²) in [6, 6.07) is 3.17. The van der Waals surface area contributed by atoms with Crippen LogP contribution in [-0.2, 0) is 10.0 Å². The Labute approximate surface area is 109 Å². The first-order valence-electron chi connectivity index (χ1n) is 5.63. The number of nitrogens with zero attached hydrogens (tertiary/aromatic N) is 3. The van der Waals surface area contributed by atoms with E-state index in [-0.39, 0.29) is 4.90 Å². The van der Waals surface area contributed by atoms with Gasteiger partial charge in [0.15, 0.2) is 0 Å². The zero-order valence-electron chi connectivity index (χ0n) is 11.2. The Bertz CT molecular complexity index is 488. The molecule has 0 fully saturated rings. The van der Waals surface area contributed by atoms with Gasteiger partial charge >= 0.3 is 0 Å². The molecule has 7 heteroatoms. The number of anilines is 1. The highest BCUT2D eigenvalue weighted by molar-refractivity contribution is 7.89. The number of hydrogen-bond acceptors (Lipinski definition) is 5. The van der Waals surface area contributed by atoms with Gasteiger partial charge in [0.05, 0.1) is 0 Å². The molecule has 0 radical (unpaired) electrons. The van der Waals surface area contributed by atoms with Crippen LogP contribution in [0.1, 0.15) is 0 Å². The van der Waals surface area contributed by atoms with Crippen molar-refractivity contribution in [2.45, 2.75) is 4.90 Å². The summed E-state index contributed by atoms with van der Waals surface area (Å²) in [5.74, 6) is 0.370. The van der Waals surface area contributed by atoms with Crippen LogP contribution in [0.3, 0.4) is 0 Å². The van der Waals surface area contributed by atoms with E-state index in [0.29, 0.717) is 18.9 Å². The highest BCUT2D eigenvalue weighted by Gasteiger charge is 2.23. The molecule has 0 saturated heterocycles. The van der Waals surface area contributed by atoms with Gasteiger partial charge in [0.1, 0.15) is 10.7 Å². The monoisotopic (exact) mass is 272 g/mol. The van der Waals surface area contributed by atoms with Gasteiger partial charge in [-0.05, 0) is 26.2 Å². The van der Waals surface area contributed by atoms with Crippen molar-refractivity contribution in [3.05, 3.63) is 18.3 Å². The van der Waals surface area contributed by atoms with E-state index in [4.69, 9.17) is 0 Å². The van der Waals surface area contributed by atoms with E-state index >= 15 is 0 Å². The van der Waals surface area contributed by atoms with Crippen molar-refractivity contribution in [3.8, 4) is 0 Å². The first-order valence-corrected chi connectivity index (χ1v) is 7.07. The van der Waals surface area contributed by atoms with E-state index < -0.39 is 10.0 Å². The van der Waals surface area contributed by atoms with Crippen LogP contribution in [0.15, 0.2) is 23.2 Å². The lowest BCUT2D eigenvalue weighted by Crippen LogP contribution is -2.33. The number of rotatable bonds is 6. The maximum atomic E-state index is 12.4. The SMILES string of the molecule is CNc1ncccc1S(=O)(=O)N(C)CCN(C)C. The van der Waals surface area contributed by atoms with Gasteiger partial charge in [0.2, 0.25) is 10.0 Å². The van der Waals surface area contributed by atoms with Crippen molar-refractivity contribution in [1.82, 2.24) is 14.2 Å². The molecule has 0 amide bonds. The number of nitrogens with one attached hydrogen (secondary N) is 1. The zero-order chi connectivity index (χ0) is 13.8. The fraction of sp³-hybridized carbons (Fsp3) is 0.545. The molecule has 1 heterocycles. The summed E-state index contributed by atoms with van der Waals surface area (Å²) in [4.78, 5) is 6.16. The summed E-state index contributed by atoms with van der Waals surface area (Å²) >= 11 is 0. The number of aromatic nitrogens is 1. The number of hydrogen-bond donors (Lipinski definition) is 1. The maximum absolute atomic E-state index is 12.4. The van der Waals surface area contributed by atoms with Gasteiger partial charge in [0.25, 0.3) is 0 Å². The maximum Gasteiger partial charge on any atom is 0.246 e. The molecule has 102 valence electrons. The lowest BCUT2D eigenvalue weighted by Gasteiger charge is -2.20. The molecule has 0 atom stereocenters. The third-order valence-electron chi connectivity index (χ3n) is 2.56. The summed E-state index contributed by atoms with van der Waals surface area (Å²) < 4.78 is 26.0. The standard InChI is InChI=1S/C11H20N4O2S/c1-12-11-10(6-5-7-13-11)18(16,17)15(4)9-8-14(2)3/h5-7H,8-9H2,1-4H3,(H,12,13). The summed E-state index contributed by atoms with van der Waals surface area (Å²) in [5.41, 5.74) is 0. The normalized spacial score (nSPS) is 12.1. The predicted molar refractivity (Wildman–Crippen MR) is 72.2 cm³/mol. The molecule has 6 nitrogen and oxygen atoms in total. The van der Waals surface area contributed by atoms with Crippen molar-refractivity contribution in [2.24, 2.45) is 0 Å². The number of pyridine rings is 1.